The highest BCUT2D eigenvalue weighted by Crippen LogP contribution is 2.28. The fraction of sp³-hybridized carbons (Fsp3) is 0.263. The Morgan fingerprint density at radius 1 is 1.11 bits per heavy atom. The van der Waals surface area contributed by atoms with Crippen LogP contribution in [0.3, 0.4) is 0 Å². The van der Waals surface area contributed by atoms with Crippen molar-refractivity contribution in [3.63, 3.8) is 0 Å². The topological polar surface area (TPSA) is 84.7 Å². The molecular weight excluding hydrogens is 389 g/mol. The molecule has 0 atom stereocenters. The van der Waals surface area contributed by atoms with Crippen LogP contribution in [0.2, 0.25) is 5.02 Å². The fourth-order valence-corrected chi connectivity index (χ4v) is 2.58. The number of rotatable bonds is 7. The molecule has 27 heavy (non-hydrogen) atoms. The Morgan fingerprint density at radius 2 is 1.74 bits per heavy atom. The number of halogens is 2. The largest absolute Gasteiger partial charge is 0.482 e. The van der Waals surface area contributed by atoms with Gasteiger partial charge in [0.1, 0.15) is 5.75 Å². The molecule has 0 aliphatic rings. The van der Waals surface area contributed by atoms with E-state index in [0.29, 0.717) is 40.8 Å². The third kappa shape index (κ3) is 6.34. The van der Waals surface area contributed by atoms with E-state index in [2.05, 4.69) is 5.32 Å². The van der Waals surface area contributed by atoms with E-state index in [9.17, 15) is 9.59 Å². The van der Waals surface area contributed by atoms with Gasteiger partial charge >= 0.3 is 0 Å². The molecule has 0 spiro atoms. The Morgan fingerprint density at radius 3 is 2.30 bits per heavy atom. The molecule has 146 valence electrons. The van der Waals surface area contributed by atoms with Crippen molar-refractivity contribution in [3.05, 3.63) is 53.1 Å². The first kappa shape index (κ1) is 22.6. The summed E-state index contributed by atoms with van der Waals surface area (Å²) in [5, 5.41) is 3.06. The molecule has 0 saturated carbocycles. The van der Waals surface area contributed by atoms with Crippen molar-refractivity contribution >= 4 is 47.2 Å². The standard InChI is InChI=1S/C19H22ClN3O3.ClH/c1-3-23(4-2)18(24)12-26-17-10-9-15(11-16(17)20)22-19(25)13-5-7-14(21)8-6-13;/h5-11H,3-4,12,21H2,1-2H3,(H,22,25);1H. The predicted molar refractivity (Wildman–Crippen MR) is 111 cm³/mol. The van der Waals surface area contributed by atoms with E-state index in [0.717, 1.165) is 0 Å². The van der Waals surface area contributed by atoms with Crippen molar-refractivity contribution in [1.29, 1.82) is 0 Å². The van der Waals surface area contributed by atoms with Crippen molar-refractivity contribution in [2.45, 2.75) is 13.8 Å². The van der Waals surface area contributed by atoms with Crippen molar-refractivity contribution in [2.24, 2.45) is 0 Å². The summed E-state index contributed by atoms with van der Waals surface area (Å²) < 4.78 is 5.49. The number of nitrogens with two attached hydrogens (primary N) is 1. The lowest BCUT2D eigenvalue weighted by molar-refractivity contribution is -0.132. The molecule has 3 N–H and O–H groups in total. The van der Waals surface area contributed by atoms with Gasteiger partial charge in [-0.25, -0.2) is 0 Å². The van der Waals surface area contributed by atoms with Gasteiger partial charge in [0.25, 0.3) is 11.8 Å². The lowest BCUT2D eigenvalue weighted by Gasteiger charge is -2.19. The maximum absolute atomic E-state index is 12.2. The third-order valence-electron chi connectivity index (χ3n) is 3.83. The van der Waals surface area contributed by atoms with Crippen LogP contribution < -0.4 is 15.8 Å². The molecule has 0 fully saturated rings. The monoisotopic (exact) mass is 411 g/mol. The lowest BCUT2D eigenvalue weighted by Crippen LogP contribution is -2.34. The quantitative estimate of drug-likeness (QED) is 0.677. The number of amides is 2. The average Bonchev–Trinajstić information content (AvgIpc) is 2.62. The zero-order valence-corrected chi connectivity index (χ0v) is 16.8. The number of carbonyl (C=O) groups excluding carboxylic acids is 2. The first-order valence-corrected chi connectivity index (χ1v) is 8.69. The smallest absolute Gasteiger partial charge is 0.260 e. The van der Waals surface area contributed by atoms with E-state index in [-0.39, 0.29) is 30.8 Å². The molecule has 0 radical (unpaired) electrons. The second kappa shape index (κ2) is 10.6. The van der Waals surface area contributed by atoms with Crippen molar-refractivity contribution in [2.75, 3.05) is 30.7 Å². The van der Waals surface area contributed by atoms with Crippen LogP contribution in [0.5, 0.6) is 5.75 Å². The summed E-state index contributed by atoms with van der Waals surface area (Å²) in [6.07, 6.45) is 0. The van der Waals surface area contributed by atoms with Crippen molar-refractivity contribution in [1.82, 2.24) is 4.90 Å². The van der Waals surface area contributed by atoms with Crippen molar-refractivity contribution in [3.8, 4) is 5.75 Å². The summed E-state index contributed by atoms with van der Waals surface area (Å²) in [6.45, 7) is 4.99. The third-order valence-corrected chi connectivity index (χ3v) is 4.13. The molecule has 0 unspecified atom stereocenters. The number of anilines is 2. The van der Waals surface area contributed by atoms with Crippen LogP contribution in [-0.2, 0) is 4.79 Å². The van der Waals surface area contributed by atoms with E-state index in [1.807, 2.05) is 13.8 Å². The number of likely N-dealkylation sites (N-methyl/N-ethyl adjacent to an activating group) is 1. The number of hydrogen-bond donors (Lipinski definition) is 2. The SMILES string of the molecule is CCN(CC)C(=O)COc1ccc(NC(=O)c2ccc(N)cc2)cc1Cl.Cl. The number of nitrogens with one attached hydrogen (secondary N) is 1. The lowest BCUT2D eigenvalue weighted by atomic mass is 10.2. The second-order valence-corrected chi connectivity index (χ2v) is 5.98. The van der Waals surface area contributed by atoms with Gasteiger partial charge in [0.05, 0.1) is 5.02 Å². The zero-order valence-electron chi connectivity index (χ0n) is 15.2. The Balaban J connectivity index is 0.00000364. The van der Waals surface area contributed by atoms with Gasteiger partial charge < -0.3 is 20.7 Å². The van der Waals surface area contributed by atoms with Gasteiger partial charge in [0.2, 0.25) is 0 Å². The highest BCUT2D eigenvalue weighted by Gasteiger charge is 2.12. The number of nitrogens with zero attached hydrogens (tertiary/aromatic N) is 1. The van der Waals surface area contributed by atoms with Crippen LogP contribution in [0.1, 0.15) is 24.2 Å². The molecule has 0 saturated heterocycles. The van der Waals surface area contributed by atoms with Gasteiger partial charge in [-0.15, -0.1) is 12.4 Å². The maximum atomic E-state index is 12.2. The minimum atomic E-state index is -0.272. The van der Waals surface area contributed by atoms with Crippen LogP contribution in [0.4, 0.5) is 11.4 Å². The Labute approximate surface area is 170 Å². The van der Waals surface area contributed by atoms with Gasteiger partial charge in [-0.1, -0.05) is 11.6 Å². The highest BCUT2D eigenvalue weighted by atomic mass is 35.5. The van der Waals surface area contributed by atoms with E-state index >= 15 is 0 Å². The first-order chi connectivity index (χ1) is 12.4. The molecule has 0 aliphatic carbocycles. The van der Waals surface area contributed by atoms with E-state index in [4.69, 9.17) is 22.1 Å². The molecule has 2 rings (SSSR count). The van der Waals surface area contributed by atoms with Crippen LogP contribution in [0.25, 0.3) is 0 Å². The minimum absolute atomic E-state index is 0. The van der Waals surface area contributed by atoms with E-state index in [1.165, 1.54) is 0 Å². The molecular formula is C19H23Cl2N3O3. The summed E-state index contributed by atoms with van der Waals surface area (Å²) >= 11 is 6.19. The molecule has 2 aromatic carbocycles. The highest BCUT2D eigenvalue weighted by molar-refractivity contribution is 6.32. The Bertz CT molecular complexity index is 778. The molecule has 8 heteroatoms. The zero-order chi connectivity index (χ0) is 19.1. The number of carbonyl (C=O) groups is 2. The number of nitrogen functional groups attached to an aromatic ring is 1. The summed E-state index contributed by atoms with van der Waals surface area (Å²) in [7, 11) is 0. The Kier molecular flexibility index (Phi) is 8.91. The molecule has 2 amide bonds. The maximum Gasteiger partial charge on any atom is 0.260 e. The van der Waals surface area contributed by atoms with E-state index < -0.39 is 0 Å². The average molecular weight is 412 g/mol. The molecule has 6 nitrogen and oxygen atoms in total. The molecule has 0 aromatic heterocycles. The van der Waals surface area contributed by atoms with Gasteiger partial charge in [0, 0.05) is 30.0 Å². The van der Waals surface area contributed by atoms with Gasteiger partial charge in [-0.2, -0.15) is 0 Å². The number of benzene rings is 2. The first-order valence-electron chi connectivity index (χ1n) is 8.31. The van der Waals surface area contributed by atoms with Gasteiger partial charge in [0.15, 0.2) is 6.61 Å². The summed E-state index contributed by atoms with van der Waals surface area (Å²) in [5.74, 6) is 0.0101. The van der Waals surface area contributed by atoms with Gasteiger partial charge in [-0.3, -0.25) is 9.59 Å². The summed E-state index contributed by atoms with van der Waals surface area (Å²) in [6, 6.07) is 11.5. The molecule has 2 aromatic rings. The van der Waals surface area contributed by atoms with Gasteiger partial charge in [-0.05, 0) is 56.3 Å². The minimum Gasteiger partial charge on any atom is -0.482 e. The van der Waals surface area contributed by atoms with Crippen LogP contribution in [0, 0.1) is 0 Å². The van der Waals surface area contributed by atoms with Crippen molar-refractivity contribution < 1.29 is 14.3 Å². The predicted octanol–water partition coefficient (Wildman–Crippen LogP) is 3.84. The normalized spacial score (nSPS) is 9.89. The summed E-state index contributed by atoms with van der Waals surface area (Å²) in [4.78, 5) is 25.9. The molecule has 0 heterocycles. The Hall–Kier alpha value is -2.44. The van der Waals surface area contributed by atoms with E-state index in [1.54, 1.807) is 47.4 Å². The van der Waals surface area contributed by atoms with Crippen LogP contribution in [-0.4, -0.2) is 36.4 Å². The number of hydrogen-bond acceptors (Lipinski definition) is 4. The van der Waals surface area contributed by atoms with Crippen LogP contribution >= 0.6 is 24.0 Å². The number of ether oxygens (including phenoxy) is 1. The summed E-state index contributed by atoms with van der Waals surface area (Å²) in [5.41, 5.74) is 7.21. The fourth-order valence-electron chi connectivity index (χ4n) is 2.34. The second-order valence-electron chi connectivity index (χ2n) is 5.58. The molecule has 0 bridgehead atoms. The molecule has 0 aliphatic heterocycles. The van der Waals surface area contributed by atoms with Crippen LogP contribution in [0.15, 0.2) is 42.5 Å².